The number of allylic oxidation sites excluding steroid dienone is 1. The fraction of sp³-hybridized carbons (Fsp3) is 0.727. The molecule has 1 rings (SSSR count). The first-order chi connectivity index (χ1) is 7.88. The van der Waals surface area contributed by atoms with Crippen molar-refractivity contribution in [2.24, 2.45) is 11.8 Å². The van der Waals surface area contributed by atoms with E-state index in [1.54, 1.807) is 13.0 Å². The van der Waals surface area contributed by atoms with Crippen LogP contribution in [0.1, 0.15) is 19.8 Å². The van der Waals surface area contributed by atoms with E-state index in [0.29, 0.717) is 19.4 Å². The van der Waals surface area contributed by atoms with Crippen LogP contribution in [0.2, 0.25) is 0 Å². The van der Waals surface area contributed by atoms with Gasteiger partial charge < -0.3 is 5.11 Å². The molecular formula is C11H19NO4S. The number of aliphatic carboxylic acids is 1. The lowest BCUT2D eigenvalue weighted by molar-refractivity contribution is -0.142. The quantitative estimate of drug-likeness (QED) is 0.570. The minimum atomic E-state index is -3.31. The third-order valence-electron chi connectivity index (χ3n) is 3.10. The third kappa shape index (κ3) is 3.54. The third-order valence-corrected chi connectivity index (χ3v) is 4.99. The van der Waals surface area contributed by atoms with Crippen molar-refractivity contribution in [1.29, 1.82) is 0 Å². The van der Waals surface area contributed by atoms with E-state index in [1.165, 1.54) is 4.31 Å². The van der Waals surface area contributed by atoms with Gasteiger partial charge in [0.25, 0.3) is 0 Å². The predicted octanol–water partition coefficient (Wildman–Crippen LogP) is 0.935. The van der Waals surface area contributed by atoms with Crippen LogP contribution < -0.4 is 0 Å². The molecule has 5 nitrogen and oxygen atoms in total. The van der Waals surface area contributed by atoms with Gasteiger partial charge in [-0.1, -0.05) is 13.0 Å². The SMILES string of the molecule is C=CCCCS(=O)(=O)N1C[C@@H](C)[C@H](C(=O)O)C1. The van der Waals surface area contributed by atoms with Gasteiger partial charge in [-0.2, -0.15) is 0 Å². The fourth-order valence-corrected chi connectivity index (χ4v) is 3.65. The average Bonchev–Trinajstić information content (AvgIpc) is 2.61. The Morgan fingerprint density at radius 2 is 2.18 bits per heavy atom. The second kappa shape index (κ2) is 5.64. The summed E-state index contributed by atoms with van der Waals surface area (Å²) < 4.78 is 25.1. The van der Waals surface area contributed by atoms with Gasteiger partial charge in [0.05, 0.1) is 11.7 Å². The van der Waals surface area contributed by atoms with Gasteiger partial charge in [0, 0.05) is 13.1 Å². The highest BCUT2D eigenvalue weighted by Gasteiger charge is 2.39. The van der Waals surface area contributed by atoms with Crippen LogP contribution in [-0.4, -0.2) is 42.6 Å². The number of hydrogen-bond acceptors (Lipinski definition) is 3. The number of sulfonamides is 1. The van der Waals surface area contributed by atoms with E-state index in [0.717, 1.165) is 0 Å². The van der Waals surface area contributed by atoms with E-state index in [4.69, 9.17) is 5.11 Å². The van der Waals surface area contributed by atoms with Gasteiger partial charge >= 0.3 is 5.97 Å². The molecule has 1 heterocycles. The summed E-state index contributed by atoms with van der Waals surface area (Å²) in [7, 11) is -3.31. The van der Waals surface area contributed by atoms with Crippen LogP contribution in [0.15, 0.2) is 12.7 Å². The summed E-state index contributed by atoms with van der Waals surface area (Å²) in [5, 5.41) is 8.95. The topological polar surface area (TPSA) is 74.7 Å². The first-order valence-electron chi connectivity index (χ1n) is 5.70. The Bertz CT molecular complexity index is 390. The van der Waals surface area contributed by atoms with Crippen molar-refractivity contribution < 1.29 is 18.3 Å². The highest BCUT2D eigenvalue weighted by Crippen LogP contribution is 2.25. The molecule has 6 heteroatoms. The Balaban J connectivity index is 2.62. The molecule has 17 heavy (non-hydrogen) atoms. The Morgan fingerprint density at radius 1 is 1.53 bits per heavy atom. The fourth-order valence-electron chi connectivity index (χ4n) is 2.01. The maximum Gasteiger partial charge on any atom is 0.308 e. The van der Waals surface area contributed by atoms with E-state index in [1.807, 2.05) is 0 Å². The van der Waals surface area contributed by atoms with Crippen molar-refractivity contribution >= 4 is 16.0 Å². The molecule has 0 aromatic rings. The molecule has 1 N–H and O–H groups in total. The summed E-state index contributed by atoms with van der Waals surface area (Å²) in [4.78, 5) is 10.9. The highest BCUT2D eigenvalue weighted by atomic mass is 32.2. The molecule has 0 saturated carbocycles. The monoisotopic (exact) mass is 261 g/mol. The van der Waals surface area contributed by atoms with Crippen molar-refractivity contribution in [2.45, 2.75) is 19.8 Å². The predicted molar refractivity (Wildman–Crippen MR) is 65.1 cm³/mol. The van der Waals surface area contributed by atoms with E-state index in [9.17, 15) is 13.2 Å². The Hall–Kier alpha value is -0.880. The molecule has 2 atom stereocenters. The van der Waals surface area contributed by atoms with Gasteiger partial charge in [-0.25, -0.2) is 12.7 Å². The molecule has 0 spiro atoms. The molecule has 0 unspecified atom stereocenters. The van der Waals surface area contributed by atoms with Crippen LogP contribution in [0.4, 0.5) is 0 Å². The van der Waals surface area contributed by atoms with E-state index in [-0.39, 0.29) is 18.2 Å². The maximum absolute atomic E-state index is 11.9. The molecule has 1 aliphatic rings. The molecule has 1 aliphatic heterocycles. The second-order valence-electron chi connectivity index (χ2n) is 4.49. The smallest absolute Gasteiger partial charge is 0.308 e. The molecule has 0 bridgehead atoms. The normalized spacial score (nSPS) is 25.9. The minimum Gasteiger partial charge on any atom is -0.481 e. The minimum absolute atomic E-state index is 0.0675. The molecule has 98 valence electrons. The first kappa shape index (κ1) is 14.2. The first-order valence-corrected chi connectivity index (χ1v) is 7.31. The Morgan fingerprint density at radius 3 is 2.65 bits per heavy atom. The summed E-state index contributed by atoms with van der Waals surface area (Å²) in [5.41, 5.74) is 0. The number of hydrogen-bond donors (Lipinski definition) is 1. The van der Waals surface area contributed by atoms with Crippen LogP contribution in [-0.2, 0) is 14.8 Å². The van der Waals surface area contributed by atoms with E-state index in [2.05, 4.69) is 6.58 Å². The Labute approximate surface area is 102 Å². The van der Waals surface area contributed by atoms with Gasteiger partial charge in [0.2, 0.25) is 10.0 Å². The molecule has 0 aliphatic carbocycles. The Kier molecular flexibility index (Phi) is 4.70. The van der Waals surface area contributed by atoms with Gasteiger partial charge in [-0.05, 0) is 18.8 Å². The zero-order valence-corrected chi connectivity index (χ0v) is 10.8. The lowest BCUT2D eigenvalue weighted by Crippen LogP contribution is -2.32. The maximum atomic E-state index is 11.9. The summed E-state index contributed by atoms with van der Waals surface area (Å²) in [5.74, 6) is -1.55. The van der Waals surface area contributed by atoms with Crippen LogP contribution in [0.5, 0.6) is 0 Å². The number of carboxylic acid groups (broad SMARTS) is 1. The number of rotatable bonds is 6. The number of unbranched alkanes of at least 4 members (excludes halogenated alkanes) is 1. The molecule has 0 aromatic heterocycles. The standard InChI is InChI=1S/C11H19NO4S/c1-3-4-5-6-17(15,16)12-7-9(2)10(8-12)11(13)14/h3,9-10H,1,4-8H2,2H3,(H,13,14)/t9-,10-/m1/s1. The molecule has 0 radical (unpaired) electrons. The number of carboxylic acids is 1. The van der Waals surface area contributed by atoms with Crippen LogP contribution in [0.3, 0.4) is 0 Å². The number of carbonyl (C=O) groups is 1. The molecule has 0 amide bonds. The van der Waals surface area contributed by atoms with Gasteiger partial charge in [0.15, 0.2) is 0 Å². The van der Waals surface area contributed by atoms with Crippen LogP contribution in [0.25, 0.3) is 0 Å². The molecule has 1 fully saturated rings. The summed E-state index contributed by atoms with van der Waals surface area (Å²) in [6, 6.07) is 0. The molecule has 1 saturated heterocycles. The largest absolute Gasteiger partial charge is 0.481 e. The van der Waals surface area contributed by atoms with Crippen LogP contribution in [0, 0.1) is 11.8 Å². The van der Waals surface area contributed by atoms with E-state index < -0.39 is 21.9 Å². The van der Waals surface area contributed by atoms with Crippen molar-refractivity contribution in [3.05, 3.63) is 12.7 Å². The van der Waals surface area contributed by atoms with Crippen molar-refractivity contribution in [3.8, 4) is 0 Å². The zero-order valence-electron chi connectivity index (χ0n) is 10.0. The van der Waals surface area contributed by atoms with Gasteiger partial charge in [-0.15, -0.1) is 6.58 Å². The second-order valence-corrected chi connectivity index (χ2v) is 6.57. The van der Waals surface area contributed by atoms with Crippen molar-refractivity contribution in [1.82, 2.24) is 4.31 Å². The lowest BCUT2D eigenvalue weighted by Gasteiger charge is -2.15. The highest BCUT2D eigenvalue weighted by molar-refractivity contribution is 7.89. The molecule has 0 aromatic carbocycles. The summed E-state index contributed by atoms with van der Waals surface area (Å²) >= 11 is 0. The van der Waals surface area contributed by atoms with Crippen molar-refractivity contribution in [2.75, 3.05) is 18.8 Å². The van der Waals surface area contributed by atoms with E-state index >= 15 is 0 Å². The van der Waals surface area contributed by atoms with Gasteiger partial charge in [-0.3, -0.25) is 4.79 Å². The lowest BCUT2D eigenvalue weighted by atomic mass is 9.99. The summed E-state index contributed by atoms with van der Waals surface area (Å²) in [6.45, 7) is 5.73. The summed E-state index contributed by atoms with van der Waals surface area (Å²) in [6.07, 6.45) is 2.88. The van der Waals surface area contributed by atoms with Crippen molar-refractivity contribution in [3.63, 3.8) is 0 Å². The zero-order chi connectivity index (χ0) is 13.1. The molecular weight excluding hydrogens is 242 g/mol. The van der Waals surface area contributed by atoms with Crippen LogP contribution >= 0.6 is 0 Å². The number of nitrogens with zero attached hydrogens (tertiary/aromatic N) is 1. The average molecular weight is 261 g/mol. The van der Waals surface area contributed by atoms with Gasteiger partial charge in [0.1, 0.15) is 0 Å².